The van der Waals surface area contributed by atoms with E-state index in [0.717, 1.165) is 38.5 Å². The second-order valence-electron chi connectivity index (χ2n) is 8.32. The molecule has 1 rings (SSSR count). The molecule has 0 heterocycles. The number of aliphatic carboxylic acids is 1. The van der Waals surface area contributed by atoms with E-state index in [-0.39, 0.29) is 23.1 Å². The van der Waals surface area contributed by atoms with Crippen LogP contribution in [0.4, 0.5) is 0 Å². The first-order valence-electron chi connectivity index (χ1n) is 11.8. The van der Waals surface area contributed by atoms with E-state index >= 15 is 0 Å². The fraction of sp³-hybridized carbons (Fsp3) is 0.720. The summed E-state index contributed by atoms with van der Waals surface area (Å²) >= 11 is 0. The highest BCUT2D eigenvalue weighted by atomic mass is 16.5. The van der Waals surface area contributed by atoms with Crippen molar-refractivity contribution in [1.82, 2.24) is 0 Å². The minimum atomic E-state index is -0.692. The Bertz CT molecular complexity index is 659. The standard InChI is InChI=1S/C25H40O6/c1-19-20(23(29)25(31-3)24(30-2)22(19)28)17-15-13-11-9-7-5-4-6-8-10-12-14-16-18-21(26)27/h4-18H2,1-3H3,(H,26,27). The van der Waals surface area contributed by atoms with Crippen LogP contribution in [0.3, 0.4) is 0 Å². The molecular formula is C25H40O6. The number of allylic oxidation sites excluding steroid dienone is 2. The fourth-order valence-corrected chi connectivity index (χ4v) is 4.02. The molecule has 0 amide bonds. The fourth-order valence-electron chi connectivity index (χ4n) is 4.02. The normalized spacial score (nSPS) is 14.4. The average molecular weight is 437 g/mol. The molecule has 0 unspecified atom stereocenters. The smallest absolute Gasteiger partial charge is 0.303 e. The Morgan fingerprint density at radius 3 is 1.48 bits per heavy atom. The second kappa shape index (κ2) is 15.7. The molecule has 0 aromatic rings. The lowest BCUT2D eigenvalue weighted by Gasteiger charge is -2.20. The van der Waals surface area contributed by atoms with Crippen LogP contribution in [-0.4, -0.2) is 36.9 Å². The Kier molecular flexibility index (Phi) is 13.6. The van der Waals surface area contributed by atoms with Gasteiger partial charge in [-0.05, 0) is 26.2 Å². The molecule has 0 aromatic carbocycles. The van der Waals surface area contributed by atoms with Crippen molar-refractivity contribution in [2.24, 2.45) is 0 Å². The summed E-state index contributed by atoms with van der Waals surface area (Å²) in [6, 6.07) is 0. The molecule has 0 aliphatic heterocycles. The van der Waals surface area contributed by atoms with Gasteiger partial charge in [0.05, 0.1) is 14.2 Å². The number of carbonyl (C=O) groups is 3. The maximum atomic E-state index is 12.6. The maximum absolute atomic E-state index is 12.6. The SMILES string of the molecule is COC1=C(OC)C(=O)C(CCCCCCCCCCCCCCCC(=O)O)=C(C)C1=O. The van der Waals surface area contributed by atoms with Crippen LogP contribution in [0, 0.1) is 0 Å². The Hall–Kier alpha value is -2.11. The van der Waals surface area contributed by atoms with Crippen molar-refractivity contribution < 1.29 is 29.0 Å². The largest absolute Gasteiger partial charge is 0.489 e. The average Bonchev–Trinajstić information content (AvgIpc) is 2.75. The van der Waals surface area contributed by atoms with E-state index in [2.05, 4.69) is 0 Å². The molecule has 0 spiro atoms. The first-order valence-corrected chi connectivity index (χ1v) is 11.8. The molecule has 0 radical (unpaired) electrons. The predicted octanol–water partition coefficient (Wildman–Crippen LogP) is 5.90. The summed E-state index contributed by atoms with van der Waals surface area (Å²) < 4.78 is 10.2. The third kappa shape index (κ3) is 9.70. The lowest BCUT2D eigenvalue weighted by molar-refractivity contribution is -0.137. The Morgan fingerprint density at radius 1 is 0.677 bits per heavy atom. The number of carboxylic acids is 1. The van der Waals surface area contributed by atoms with E-state index in [1.165, 1.54) is 59.2 Å². The Morgan fingerprint density at radius 2 is 1.06 bits per heavy atom. The molecular weight excluding hydrogens is 396 g/mol. The molecule has 1 N–H and O–H groups in total. The zero-order chi connectivity index (χ0) is 23.1. The number of hydrogen-bond acceptors (Lipinski definition) is 5. The number of ketones is 2. The molecule has 0 bridgehead atoms. The summed E-state index contributed by atoms with van der Waals surface area (Å²) in [5.41, 5.74) is 1.04. The van der Waals surface area contributed by atoms with E-state index in [1.54, 1.807) is 6.92 Å². The van der Waals surface area contributed by atoms with Crippen molar-refractivity contribution in [2.75, 3.05) is 14.2 Å². The van der Waals surface area contributed by atoms with Gasteiger partial charge in [-0.3, -0.25) is 14.4 Å². The first kappa shape index (κ1) is 26.9. The van der Waals surface area contributed by atoms with Crippen molar-refractivity contribution in [2.45, 2.75) is 103 Å². The van der Waals surface area contributed by atoms with Crippen molar-refractivity contribution in [3.05, 3.63) is 22.7 Å². The monoisotopic (exact) mass is 436 g/mol. The van der Waals surface area contributed by atoms with E-state index in [0.29, 0.717) is 24.0 Å². The molecule has 6 nitrogen and oxygen atoms in total. The third-order valence-electron chi connectivity index (χ3n) is 5.91. The van der Waals surface area contributed by atoms with Gasteiger partial charge in [0.25, 0.3) is 0 Å². The van der Waals surface area contributed by atoms with Gasteiger partial charge in [-0.2, -0.15) is 0 Å². The van der Waals surface area contributed by atoms with E-state index in [4.69, 9.17) is 14.6 Å². The maximum Gasteiger partial charge on any atom is 0.303 e. The number of carbonyl (C=O) groups excluding carboxylic acids is 2. The molecule has 6 heteroatoms. The number of rotatable bonds is 18. The zero-order valence-electron chi connectivity index (χ0n) is 19.6. The number of hydrogen-bond donors (Lipinski definition) is 1. The summed E-state index contributed by atoms with van der Waals surface area (Å²) in [4.78, 5) is 35.4. The van der Waals surface area contributed by atoms with Crippen LogP contribution in [-0.2, 0) is 23.9 Å². The Labute approximate surface area is 187 Å². The van der Waals surface area contributed by atoms with Crippen LogP contribution in [0.15, 0.2) is 22.7 Å². The lowest BCUT2D eigenvalue weighted by Crippen LogP contribution is -2.25. The zero-order valence-corrected chi connectivity index (χ0v) is 19.6. The van der Waals surface area contributed by atoms with Gasteiger partial charge in [-0.25, -0.2) is 0 Å². The van der Waals surface area contributed by atoms with E-state index in [1.807, 2.05) is 0 Å². The summed E-state index contributed by atoms with van der Waals surface area (Å²) in [5.74, 6) is -1.14. The second-order valence-corrected chi connectivity index (χ2v) is 8.32. The van der Waals surface area contributed by atoms with Gasteiger partial charge in [0.2, 0.25) is 23.1 Å². The summed E-state index contributed by atoms with van der Waals surface area (Å²) in [5, 5.41) is 8.59. The van der Waals surface area contributed by atoms with Crippen molar-refractivity contribution in [1.29, 1.82) is 0 Å². The molecule has 0 fully saturated rings. The highest BCUT2D eigenvalue weighted by molar-refractivity contribution is 6.23. The van der Waals surface area contributed by atoms with Crippen molar-refractivity contribution in [3.63, 3.8) is 0 Å². The minimum absolute atomic E-state index is 0.00642. The molecule has 176 valence electrons. The molecule has 0 atom stereocenters. The molecule has 1 aliphatic rings. The van der Waals surface area contributed by atoms with Crippen molar-refractivity contribution >= 4 is 17.5 Å². The number of ether oxygens (including phenoxy) is 2. The third-order valence-corrected chi connectivity index (χ3v) is 5.91. The number of carboxylic acid groups (broad SMARTS) is 1. The Balaban J connectivity index is 2.07. The molecule has 31 heavy (non-hydrogen) atoms. The van der Waals surface area contributed by atoms with Crippen LogP contribution >= 0.6 is 0 Å². The summed E-state index contributed by atoms with van der Waals surface area (Å²) in [6.07, 6.45) is 15.7. The number of unbranched alkanes of at least 4 members (excludes halogenated alkanes) is 12. The quantitative estimate of drug-likeness (QED) is 0.213. The van der Waals surface area contributed by atoms with Crippen LogP contribution in [0.25, 0.3) is 0 Å². The van der Waals surface area contributed by atoms with Gasteiger partial charge in [-0.1, -0.05) is 70.6 Å². The van der Waals surface area contributed by atoms with Crippen LogP contribution < -0.4 is 0 Å². The lowest BCUT2D eigenvalue weighted by atomic mass is 9.89. The number of methoxy groups -OCH3 is 2. The van der Waals surface area contributed by atoms with Crippen LogP contribution in [0.2, 0.25) is 0 Å². The highest BCUT2D eigenvalue weighted by Crippen LogP contribution is 2.28. The van der Waals surface area contributed by atoms with E-state index in [9.17, 15) is 14.4 Å². The van der Waals surface area contributed by atoms with Gasteiger partial charge >= 0.3 is 5.97 Å². The summed E-state index contributed by atoms with van der Waals surface area (Å²) in [6.45, 7) is 1.69. The highest BCUT2D eigenvalue weighted by Gasteiger charge is 2.34. The van der Waals surface area contributed by atoms with Gasteiger partial charge in [-0.15, -0.1) is 0 Å². The van der Waals surface area contributed by atoms with Crippen molar-refractivity contribution in [3.8, 4) is 0 Å². The van der Waals surface area contributed by atoms with Gasteiger partial charge in [0, 0.05) is 17.6 Å². The predicted molar refractivity (Wildman–Crippen MR) is 121 cm³/mol. The molecule has 0 aromatic heterocycles. The molecule has 0 saturated heterocycles. The first-order chi connectivity index (χ1) is 14.9. The molecule has 1 aliphatic carbocycles. The number of Topliss-reactive ketones (excluding diaryl/α,β-unsaturated/α-hetero) is 2. The summed E-state index contributed by atoms with van der Waals surface area (Å²) in [7, 11) is 2.77. The molecule has 0 saturated carbocycles. The van der Waals surface area contributed by atoms with Gasteiger partial charge in [0.15, 0.2) is 0 Å². The van der Waals surface area contributed by atoms with Crippen LogP contribution in [0.1, 0.15) is 103 Å². The minimum Gasteiger partial charge on any atom is -0.489 e. The van der Waals surface area contributed by atoms with Gasteiger partial charge < -0.3 is 14.6 Å². The topological polar surface area (TPSA) is 89.9 Å². The van der Waals surface area contributed by atoms with E-state index < -0.39 is 5.97 Å². The van der Waals surface area contributed by atoms with Gasteiger partial charge in [0.1, 0.15) is 0 Å². The van der Waals surface area contributed by atoms with Crippen LogP contribution in [0.5, 0.6) is 0 Å².